The summed E-state index contributed by atoms with van der Waals surface area (Å²) in [4.78, 5) is 2.33. The minimum Gasteiger partial charge on any atom is -0.374 e. The number of hydrogen-bond acceptors (Lipinski definition) is 3. The Kier molecular flexibility index (Phi) is 5.17. The predicted octanol–water partition coefficient (Wildman–Crippen LogP) is 2.06. The lowest BCUT2D eigenvalue weighted by Gasteiger charge is -2.31. The van der Waals surface area contributed by atoms with Crippen molar-refractivity contribution < 1.29 is 4.74 Å². The zero-order chi connectivity index (χ0) is 12.8. The average Bonchev–Trinajstić information content (AvgIpc) is 2.41. The molecule has 1 aliphatic rings. The van der Waals surface area contributed by atoms with Gasteiger partial charge in [0.1, 0.15) is 0 Å². The van der Waals surface area contributed by atoms with E-state index in [0.29, 0.717) is 12.1 Å². The summed E-state index contributed by atoms with van der Waals surface area (Å²) in [5.74, 6) is 0. The zero-order valence-corrected chi connectivity index (χ0v) is 11.4. The standard InChI is InChI=1S/C15H24N2O/c1-3-15(13-7-5-4-6-8-13)16-11-14-12-17(2)9-10-18-14/h4-8,14-16H,3,9-12H2,1-2H3/t14-,15+/m1/s1. The van der Waals surface area contributed by atoms with Gasteiger partial charge in [-0.1, -0.05) is 37.3 Å². The van der Waals surface area contributed by atoms with Crippen LogP contribution in [0.4, 0.5) is 0 Å². The number of morpholine rings is 1. The monoisotopic (exact) mass is 248 g/mol. The summed E-state index contributed by atoms with van der Waals surface area (Å²) in [6, 6.07) is 11.1. The van der Waals surface area contributed by atoms with Gasteiger partial charge in [0.05, 0.1) is 12.7 Å². The molecule has 1 aliphatic heterocycles. The Balaban J connectivity index is 1.84. The second-order valence-corrected chi connectivity index (χ2v) is 5.03. The van der Waals surface area contributed by atoms with Gasteiger partial charge in [-0.15, -0.1) is 0 Å². The third-order valence-electron chi connectivity index (χ3n) is 3.54. The van der Waals surface area contributed by atoms with Crippen LogP contribution in [-0.4, -0.2) is 44.3 Å². The van der Waals surface area contributed by atoms with Gasteiger partial charge in [0.25, 0.3) is 0 Å². The van der Waals surface area contributed by atoms with E-state index in [-0.39, 0.29) is 0 Å². The molecule has 18 heavy (non-hydrogen) atoms. The summed E-state index contributed by atoms with van der Waals surface area (Å²) in [5, 5.41) is 3.62. The lowest BCUT2D eigenvalue weighted by molar-refractivity contribution is -0.0193. The first-order chi connectivity index (χ1) is 8.79. The van der Waals surface area contributed by atoms with Crippen LogP contribution in [0.1, 0.15) is 24.9 Å². The maximum atomic E-state index is 5.77. The van der Waals surface area contributed by atoms with Gasteiger partial charge in [-0.3, -0.25) is 0 Å². The third-order valence-corrected chi connectivity index (χ3v) is 3.54. The second kappa shape index (κ2) is 6.88. The molecule has 1 aromatic rings. The topological polar surface area (TPSA) is 24.5 Å². The van der Waals surface area contributed by atoms with E-state index in [1.165, 1.54) is 5.56 Å². The summed E-state index contributed by atoms with van der Waals surface area (Å²) < 4.78 is 5.77. The van der Waals surface area contributed by atoms with Gasteiger partial charge in [-0.05, 0) is 19.0 Å². The molecule has 0 aromatic heterocycles. The summed E-state index contributed by atoms with van der Waals surface area (Å²) in [6.07, 6.45) is 1.42. The van der Waals surface area contributed by atoms with Crippen LogP contribution in [0.5, 0.6) is 0 Å². The lowest BCUT2D eigenvalue weighted by atomic mass is 10.0. The fraction of sp³-hybridized carbons (Fsp3) is 0.600. The Morgan fingerprint density at radius 2 is 2.17 bits per heavy atom. The number of nitrogens with one attached hydrogen (secondary N) is 1. The SMILES string of the molecule is CC[C@H](NC[C@@H]1CN(C)CCO1)c1ccccc1. The molecule has 0 bridgehead atoms. The zero-order valence-electron chi connectivity index (χ0n) is 11.4. The van der Waals surface area contributed by atoms with Crippen LogP contribution >= 0.6 is 0 Å². The Labute approximate surface area is 110 Å². The molecule has 3 nitrogen and oxygen atoms in total. The molecule has 1 saturated heterocycles. The van der Waals surface area contributed by atoms with E-state index < -0.39 is 0 Å². The number of rotatable bonds is 5. The van der Waals surface area contributed by atoms with Crippen molar-refractivity contribution in [3.05, 3.63) is 35.9 Å². The highest BCUT2D eigenvalue weighted by Gasteiger charge is 2.18. The van der Waals surface area contributed by atoms with Crippen molar-refractivity contribution in [2.75, 3.05) is 33.3 Å². The van der Waals surface area contributed by atoms with Gasteiger partial charge < -0.3 is 15.0 Å². The highest BCUT2D eigenvalue weighted by atomic mass is 16.5. The van der Waals surface area contributed by atoms with Crippen molar-refractivity contribution in [2.45, 2.75) is 25.5 Å². The molecule has 1 fully saturated rings. The summed E-state index contributed by atoms with van der Waals surface area (Å²) in [7, 11) is 2.16. The van der Waals surface area contributed by atoms with Crippen LogP contribution < -0.4 is 5.32 Å². The van der Waals surface area contributed by atoms with Gasteiger partial charge in [-0.25, -0.2) is 0 Å². The molecule has 0 radical (unpaired) electrons. The number of likely N-dealkylation sites (N-methyl/N-ethyl adjacent to an activating group) is 1. The number of benzene rings is 1. The predicted molar refractivity (Wildman–Crippen MR) is 74.7 cm³/mol. The van der Waals surface area contributed by atoms with Crippen LogP contribution in [-0.2, 0) is 4.74 Å². The van der Waals surface area contributed by atoms with Crippen molar-refractivity contribution in [2.24, 2.45) is 0 Å². The van der Waals surface area contributed by atoms with Crippen molar-refractivity contribution in [3.8, 4) is 0 Å². The van der Waals surface area contributed by atoms with E-state index in [0.717, 1.165) is 32.7 Å². The first kappa shape index (κ1) is 13.5. The van der Waals surface area contributed by atoms with E-state index in [1.807, 2.05) is 0 Å². The molecule has 2 rings (SSSR count). The maximum absolute atomic E-state index is 5.77. The Morgan fingerprint density at radius 3 is 2.83 bits per heavy atom. The first-order valence-electron chi connectivity index (χ1n) is 6.88. The smallest absolute Gasteiger partial charge is 0.0826 e. The van der Waals surface area contributed by atoms with Gasteiger partial charge in [0, 0.05) is 25.7 Å². The number of hydrogen-bond donors (Lipinski definition) is 1. The van der Waals surface area contributed by atoms with Crippen LogP contribution in [0.2, 0.25) is 0 Å². The van der Waals surface area contributed by atoms with Gasteiger partial charge in [-0.2, -0.15) is 0 Å². The Hall–Kier alpha value is -0.900. The van der Waals surface area contributed by atoms with E-state index in [2.05, 4.69) is 54.5 Å². The highest BCUT2D eigenvalue weighted by molar-refractivity contribution is 5.18. The minimum absolute atomic E-state index is 0.321. The van der Waals surface area contributed by atoms with Gasteiger partial charge in [0.2, 0.25) is 0 Å². The van der Waals surface area contributed by atoms with E-state index >= 15 is 0 Å². The normalized spacial score (nSPS) is 22.9. The van der Waals surface area contributed by atoms with Crippen LogP contribution in [0.15, 0.2) is 30.3 Å². The van der Waals surface area contributed by atoms with Crippen LogP contribution in [0, 0.1) is 0 Å². The fourth-order valence-electron chi connectivity index (χ4n) is 2.45. The second-order valence-electron chi connectivity index (χ2n) is 5.03. The number of nitrogens with zero attached hydrogens (tertiary/aromatic N) is 1. The molecule has 2 atom stereocenters. The van der Waals surface area contributed by atoms with Gasteiger partial charge in [0.15, 0.2) is 0 Å². The average molecular weight is 248 g/mol. The van der Waals surface area contributed by atoms with E-state index in [9.17, 15) is 0 Å². The number of ether oxygens (including phenoxy) is 1. The third kappa shape index (κ3) is 3.80. The largest absolute Gasteiger partial charge is 0.374 e. The Bertz CT molecular complexity index is 342. The van der Waals surface area contributed by atoms with Gasteiger partial charge >= 0.3 is 0 Å². The molecule has 100 valence electrons. The van der Waals surface area contributed by atoms with Crippen molar-refractivity contribution >= 4 is 0 Å². The van der Waals surface area contributed by atoms with Crippen molar-refractivity contribution in [1.29, 1.82) is 0 Å². The maximum Gasteiger partial charge on any atom is 0.0826 e. The quantitative estimate of drug-likeness (QED) is 0.863. The highest BCUT2D eigenvalue weighted by Crippen LogP contribution is 2.16. The summed E-state index contributed by atoms with van der Waals surface area (Å²) in [5.41, 5.74) is 1.36. The molecule has 0 aliphatic carbocycles. The molecule has 1 N–H and O–H groups in total. The van der Waals surface area contributed by atoms with Crippen LogP contribution in [0.25, 0.3) is 0 Å². The Morgan fingerprint density at radius 1 is 1.39 bits per heavy atom. The molecule has 0 saturated carbocycles. The van der Waals surface area contributed by atoms with Crippen molar-refractivity contribution in [1.82, 2.24) is 10.2 Å². The summed E-state index contributed by atoms with van der Waals surface area (Å²) >= 11 is 0. The summed E-state index contributed by atoms with van der Waals surface area (Å²) in [6.45, 7) is 6.08. The fourth-order valence-corrected chi connectivity index (χ4v) is 2.45. The van der Waals surface area contributed by atoms with E-state index in [1.54, 1.807) is 0 Å². The first-order valence-corrected chi connectivity index (χ1v) is 6.88. The van der Waals surface area contributed by atoms with E-state index in [4.69, 9.17) is 4.74 Å². The van der Waals surface area contributed by atoms with Crippen molar-refractivity contribution in [3.63, 3.8) is 0 Å². The lowest BCUT2D eigenvalue weighted by Crippen LogP contribution is -2.45. The minimum atomic E-state index is 0.321. The molecule has 3 heteroatoms. The van der Waals surface area contributed by atoms with Crippen LogP contribution in [0.3, 0.4) is 0 Å². The molecule has 0 unspecified atom stereocenters. The molecule has 0 spiro atoms. The molecule has 1 heterocycles. The molecular formula is C15H24N2O. The molecular weight excluding hydrogens is 224 g/mol. The molecule has 0 amide bonds. The molecule has 1 aromatic carbocycles.